The van der Waals surface area contributed by atoms with Crippen LogP contribution in [0.3, 0.4) is 0 Å². The van der Waals surface area contributed by atoms with E-state index in [0.29, 0.717) is 6.42 Å². The van der Waals surface area contributed by atoms with Crippen LogP contribution in [0.5, 0.6) is 0 Å². The van der Waals surface area contributed by atoms with Crippen LogP contribution in [0.15, 0.2) is 12.7 Å². The first-order valence-corrected chi connectivity index (χ1v) is 3.98. The molecule has 0 saturated heterocycles. The van der Waals surface area contributed by atoms with Gasteiger partial charge in [0.05, 0.1) is 0 Å². The SMILES string of the molecule is C=CC.CCCC(F)(F)CC. The Morgan fingerprint density at radius 1 is 1.36 bits per heavy atom. The molecule has 0 aromatic carbocycles. The van der Waals surface area contributed by atoms with Crippen LogP contribution >= 0.6 is 0 Å². The Balaban J connectivity index is 0. The monoisotopic (exact) mass is 164 g/mol. The van der Waals surface area contributed by atoms with Crippen molar-refractivity contribution in [1.29, 1.82) is 0 Å². The molecule has 0 amide bonds. The minimum atomic E-state index is -2.41. The van der Waals surface area contributed by atoms with Crippen molar-refractivity contribution in [2.24, 2.45) is 0 Å². The van der Waals surface area contributed by atoms with Gasteiger partial charge in [0.1, 0.15) is 0 Å². The molecule has 0 aliphatic rings. The molecule has 0 spiro atoms. The topological polar surface area (TPSA) is 0 Å². The fraction of sp³-hybridized carbons (Fsp3) is 0.778. The molecule has 0 heterocycles. The Bertz CT molecular complexity index is 87.6. The Morgan fingerprint density at radius 3 is 1.82 bits per heavy atom. The number of hydrogen-bond donors (Lipinski definition) is 0. The van der Waals surface area contributed by atoms with Gasteiger partial charge in [0.2, 0.25) is 5.92 Å². The van der Waals surface area contributed by atoms with E-state index in [4.69, 9.17) is 0 Å². The molecular weight excluding hydrogens is 146 g/mol. The average molecular weight is 164 g/mol. The van der Waals surface area contributed by atoms with Gasteiger partial charge in [-0.15, -0.1) is 6.58 Å². The van der Waals surface area contributed by atoms with E-state index in [0.717, 1.165) is 0 Å². The van der Waals surface area contributed by atoms with Crippen LogP contribution in [0, 0.1) is 0 Å². The molecule has 0 aromatic heterocycles. The summed E-state index contributed by atoms with van der Waals surface area (Å²) >= 11 is 0. The molecule has 68 valence electrons. The number of rotatable bonds is 3. The predicted molar refractivity (Wildman–Crippen MR) is 46.0 cm³/mol. The van der Waals surface area contributed by atoms with Crippen LogP contribution in [0.4, 0.5) is 8.78 Å². The highest BCUT2D eigenvalue weighted by Crippen LogP contribution is 2.23. The second-order valence-corrected chi connectivity index (χ2v) is 2.37. The third-order valence-corrected chi connectivity index (χ3v) is 1.13. The largest absolute Gasteiger partial charge is 0.247 e. The van der Waals surface area contributed by atoms with Crippen molar-refractivity contribution in [2.45, 2.75) is 46.0 Å². The highest BCUT2D eigenvalue weighted by molar-refractivity contribution is 4.60. The molecule has 0 nitrogen and oxygen atoms in total. The lowest BCUT2D eigenvalue weighted by Gasteiger charge is -2.10. The van der Waals surface area contributed by atoms with Crippen LogP contribution in [0.1, 0.15) is 40.0 Å². The zero-order chi connectivity index (χ0) is 9.33. The summed E-state index contributed by atoms with van der Waals surface area (Å²) in [6, 6.07) is 0. The minimum absolute atomic E-state index is 0.0269. The van der Waals surface area contributed by atoms with E-state index in [-0.39, 0.29) is 12.8 Å². The Kier molecular flexibility index (Phi) is 9.25. The number of halogens is 2. The van der Waals surface area contributed by atoms with Gasteiger partial charge in [-0.3, -0.25) is 0 Å². The van der Waals surface area contributed by atoms with Gasteiger partial charge in [0, 0.05) is 12.8 Å². The molecule has 11 heavy (non-hydrogen) atoms. The van der Waals surface area contributed by atoms with Gasteiger partial charge >= 0.3 is 0 Å². The van der Waals surface area contributed by atoms with Crippen molar-refractivity contribution in [3.8, 4) is 0 Å². The third kappa shape index (κ3) is 12.7. The second kappa shape index (κ2) is 7.70. The van der Waals surface area contributed by atoms with E-state index in [1.165, 1.54) is 6.92 Å². The molecule has 0 aromatic rings. The summed E-state index contributed by atoms with van der Waals surface area (Å²) in [6.45, 7) is 8.53. The number of allylic oxidation sites excluding steroid dienone is 1. The fourth-order valence-corrected chi connectivity index (χ4v) is 0.543. The Hall–Kier alpha value is -0.400. The van der Waals surface area contributed by atoms with Gasteiger partial charge in [-0.1, -0.05) is 26.3 Å². The van der Waals surface area contributed by atoms with Crippen LogP contribution in [0.25, 0.3) is 0 Å². The number of hydrogen-bond acceptors (Lipinski definition) is 0. The lowest BCUT2D eigenvalue weighted by atomic mass is 10.1. The average Bonchev–Trinajstić information content (AvgIpc) is 1.90. The molecule has 0 atom stereocenters. The zero-order valence-corrected chi connectivity index (χ0v) is 7.66. The van der Waals surface area contributed by atoms with Crippen LogP contribution in [-0.2, 0) is 0 Å². The van der Waals surface area contributed by atoms with Gasteiger partial charge in [0.25, 0.3) is 0 Å². The van der Waals surface area contributed by atoms with Gasteiger partial charge < -0.3 is 0 Å². The summed E-state index contributed by atoms with van der Waals surface area (Å²) in [4.78, 5) is 0. The molecule has 0 N–H and O–H groups in total. The molecule has 0 rings (SSSR count). The third-order valence-electron chi connectivity index (χ3n) is 1.13. The lowest BCUT2D eigenvalue weighted by Crippen LogP contribution is -2.12. The molecule has 0 aliphatic carbocycles. The van der Waals surface area contributed by atoms with Crippen LogP contribution < -0.4 is 0 Å². The maximum absolute atomic E-state index is 12.2. The minimum Gasteiger partial charge on any atom is -0.207 e. The summed E-state index contributed by atoms with van der Waals surface area (Å²) in [5, 5.41) is 0. The maximum atomic E-state index is 12.2. The Labute approximate surface area is 68.3 Å². The molecule has 0 fully saturated rings. The highest BCUT2D eigenvalue weighted by Gasteiger charge is 2.23. The van der Waals surface area contributed by atoms with Crippen LogP contribution in [0.2, 0.25) is 0 Å². The summed E-state index contributed by atoms with van der Waals surface area (Å²) < 4.78 is 24.3. The van der Waals surface area contributed by atoms with E-state index < -0.39 is 5.92 Å². The van der Waals surface area contributed by atoms with Crippen molar-refractivity contribution in [2.75, 3.05) is 0 Å². The summed E-state index contributed by atoms with van der Waals surface area (Å²) in [7, 11) is 0. The molecular formula is C9H18F2. The fourth-order valence-electron chi connectivity index (χ4n) is 0.543. The van der Waals surface area contributed by atoms with Crippen molar-refractivity contribution >= 4 is 0 Å². The van der Waals surface area contributed by atoms with Crippen molar-refractivity contribution in [3.63, 3.8) is 0 Å². The standard InChI is InChI=1S/C6H12F2.C3H6/c1-3-5-6(7,8)4-2;1-3-2/h3-5H2,1-2H3;3H,1H2,2H3. The van der Waals surface area contributed by atoms with Crippen LogP contribution in [-0.4, -0.2) is 5.92 Å². The predicted octanol–water partition coefficient (Wildman–Crippen LogP) is 4.02. The number of alkyl halides is 2. The molecule has 2 heteroatoms. The van der Waals surface area contributed by atoms with Gasteiger partial charge in [-0.25, -0.2) is 8.78 Å². The smallest absolute Gasteiger partial charge is 0.207 e. The first-order chi connectivity index (χ1) is 5.04. The molecule has 0 unspecified atom stereocenters. The molecule has 0 aliphatic heterocycles. The second-order valence-electron chi connectivity index (χ2n) is 2.37. The van der Waals surface area contributed by atoms with E-state index in [9.17, 15) is 8.78 Å². The van der Waals surface area contributed by atoms with Gasteiger partial charge in [-0.05, 0) is 6.92 Å². The highest BCUT2D eigenvalue weighted by atomic mass is 19.3. The van der Waals surface area contributed by atoms with E-state index in [2.05, 4.69) is 6.58 Å². The summed E-state index contributed by atoms with van der Waals surface area (Å²) in [5.41, 5.74) is 0. The van der Waals surface area contributed by atoms with Gasteiger partial charge in [0.15, 0.2) is 0 Å². The first-order valence-electron chi connectivity index (χ1n) is 3.98. The quantitative estimate of drug-likeness (QED) is 0.552. The molecule has 0 radical (unpaired) electrons. The van der Waals surface area contributed by atoms with Gasteiger partial charge in [-0.2, -0.15) is 0 Å². The maximum Gasteiger partial charge on any atom is 0.247 e. The lowest BCUT2D eigenvalue weighted by molar-refractivity contribution is -0.0119. The van der Waals surface area contributed by atoms with E-state index in [1.807, 2.05) is 6.92 Å². The van der Waals surface area contributed by atoms with Crippen molar-refractivity contribution < 1.29 is 8.78 Å². The van der Waals surface area contributed by atoms with E-state index in [1.54, 1.807) is 13.0 Å². The molecule has 0 bridgehead atoms. The van der Waals surface area contributed by atoms with Crippen molar-refractivity contribution in [1.82, 2.24) is 0 Å². The van der Waals surface area contributed by atoms with E-state index >= 15 is 0 Å². The summed E-state index contributed by atoms with van der Waals surface area (Å²) in [5.74, 6) is -2.41. The Morgan fingerprint density at radius 2 is 1.73 bits per heavy atom. The van der Waals surface area contributed by atoms with Crippen molar-refractivity contribution in [3.05, 3.63) is 12.7 Å². The first kappa shape index (κ1) is 13.2. The normalized spacial score (nSPS) is 9.91. The zero-order valence-electron chi connectivity index (χ0n) is 7.66. The summed E-state index contributed by atoms with van der Waals surface area (Å²) in [6.07, 6.45) is 2.32. The molecule has 0 saturated carbocycles.